The number of ether oxygens (including phenoxy) is 1. The van der Waals surface area contributed by atoms with Gasteiger partial charge in [-0.1, -0.05) is 0 Å². The third-order valence-electron chi connectivity index (χ3n) is 3.94. The molecule has 0 aromatic heterocycles. The Labute approximate surface area is 122 Å². The molecule has 0 unspecified atom stereocenters. The highest BCUT2D eigenvalue weighted by Gasteiger charge is 2.37. The van der Waals surface area contributed by atoms with Gasteiger partial charge in [0.25, 0.3) is 0 Å². The van der Waals surface area contributed by atoms with Crippen LogP contribution in [0.5, 0.6) is 0 Å². The summed E-state index contributed by atoms with van der Waals surface area (Å²) in [4.78, 5) is 27.8. The maximum atomic E-state index is 12.9. The first-order chi connectivity index (χ1) is 10.1. The Kier molecular flexibility index (Phi) is 3.88. The van der Waals surface area contributed by atoms with Gasteiger partial charge in [-0.3, -0.25) is 9.59 Å². The number of rotatable bonds is 2. The zero-order valence-electron chi connectivity index (χ0n) is 11.6. The lowest BCUT2D eigenvalue weighted by Crippen LogP contribution is -2.44. The van der Waals surface area contributed by atoms with Crippen molar-refractivity contribution in [2.75, 3.05) is 37.7 Å². The van der Waals surface area contributed by atoms with Crippen molar-refractivity contribution in [2.24, 2.45) is 5.92 Å². The highest BCUT2D eigenvalue weighted by atomic mass is 19.1. The summed E-state index contributed by atoms with van der Waals surface area (Å²) in [6.07, 6.45) is 0.216. The smallest absolute Gasteiger partial charge is 0.228 e. The van der Waals surface area contributed by atoms with E-state index >= 15 is 0 Å². The van der Waals surface area contributed by atoms with E-state index in [4.69, 9.17) is 4.74 Å². The van der Waals surface area contributed by atoms with Gasteiger partial charge >= 0.3 is 0 Å². The largest absolute Gasteiger partial charge is 0.378 e. The number of anilines is 1. The predicted octanol–water partition coefficient (Wildman–Crippen LogP) is 1.04. The van der Waals surface area contributed by atoms with Crippen LogP contribution in [0.15, 0.2) is 24.3 Å². The molecule has 6 heteroatoms. The Balaban J connectivity index is 1.69. The van der Waals surface area contributed by atoms with E-state index in [9.17, 15) is 14.0 Å². The summed E-state index contributed by atoms with van der Waals surface area (Å²) in [6, 6.07) is 5.77. The Bertz CT molecular complexity index is 540. The molecule has 2 amide bonds. The molecule has 0 spiro atoms. The molecule has 0 bridgehead atoms. The molecule has 5 nitrogen and oxygen atoms in total. The standard InChI is InChI=1S/C15H17FN2O3/c16-12-1-3-13(4-2-12)18-10-11(9-14(18)19)15(20)17-5-7-21-8-6-17/h1-4,11H,5-10H2/t11-/m0/s1. The van der Waals surface area contributed by atoms with Gasteiger partial charge in [0.05, 0.1) is 19.1 Å². The number of morpholine rings is 1. The maximum absolute atomic E-state index is 12.9. The second-order valence-corrected chi connectivity index (χ2v) is 5.32. The molecule has 2 aliphatic rings. The van der Waals surface area contributed by atoms with Crippen LogP contribution in [-0.4, -0.2) is 49.6 Å². The third kappa shape index (κ3) is 2.90. The minimum Gasteiger partial charge on any atom is -0.378 e. The van der Waals surface area contributed by atoms with Crippen LogP contribution in [0.2, 0.25) is 0 Å². The minimum atomic E-state index is -0.341. The molecular weight excluding hydrogens is 275 g/mol. The van der Waals surface area contributed by atoms with Crippen molar-refractivity contribution in [1.82, 2.24) is 4.90 Å². The van der Waals surface area contributed by atoms with Gasteiger partial charge < -0.3 is 14.5 Å². The van der Waals surface area contributed by atoms with Gasteiger partial charge in [0.1, 0.15) is 5.82 Å². The highest BCUT2D eigenvalue weighted by molar-refractivity contribution is 6.00. The van der Waals surface area contributed by atoms with Crippen molar-refractivity contribution >= 4 is 17.5 Å². The Hall–Kier alpha value is -1.95. The first-order valence-electron chi connectivity index (χ1n) is 7.07. The van der Waals surface area contributed by atoms with Gasteiger partial charge in [-0.15, -0.1) is 0 Å². The van der Waals surface area contributed by atoms with Crippen molar-refractivity contribution in [1.29, 1.82) is 0 Å². The summed E-state index contributed by atoms with van der Waals surface area (Å²) >= 11 is 0. The Morgan fingerprint density at radius 1 is 1.19 bits per heavy atom. The normalized spacial score (nSPS) is 22.7. The molecule has 0 aliphatic carbocycles. The quantitative estimate of drug-likeness (QED) is 0.818. The zero-order chi connectivity index (χ0) is 14.8. The number of carbonyl (C=O) groups excluding carboxylic acids is 2. The lowest BCUT2D eigenvalue weighted by molar-refractivity contribution is -0.139. The topological polar surface area (TPSA) is 49.9 Å². The molecule has 21 heavy (non-hydrogen) atoms. The molecule has 3 rings (SSSR count). The fraction of sp³-hybridized carbons (Fsp3) is 0.467. The van der Waals surface area contributed by atoms with E-state index in [-0.39, 0.29) is 30.0 Å². The lowest BCUT2D eigenvalue weighted by Gasteiger charge is -2.29. The summed E-state index contributed by atoms with van der Waals surface area (Å²) in [7, 11) is 0. The van der Waals surface area contributed by atoms with Crippen molar-refractivity contribution < 1.29 is 18.7 Å². The summed E-state index contributed by atoms with van der Waals surface area (Å²) in [6.45, 7) is 2.63. The summed E-state index contributed by atoms with van der Waals surface area (Å²) in [5.41, 5.74) is 0.638. The molecule has 1 atom stereocenters. The molecule has 2 saturated heterocycles. The fourth-order valence-electron chi connectivity index (χ4n) is 2.79. The monoisotopic (exact) mass is 292 g/mol. The lowest BCUT2D eigenvalue weighted by atomic mass is 10.1. The zero-order valence-corrected chi connectivity index (χ0v) is 11.6. The first kappa shape index (κ1) is 14.0. The molecule has 0 N–H and O–H groups in total. The number of benzene rings is 1. The van der Waals surface area contributed by atoms with E-state index in [2.05, 4.69) is 0 Å². The van der Waals surface area contributed by atoms with Gasteiger partial charge in [0, 0.05) is 31.7 Å². The second kappa shape index (κ2) is 5.81. The molecule has 2 heterocycles. The van der Waals surface area contributed by atoms with Crippen LogP contribution in [0.1, 0.15) is 6.42 Å². The predicted molar refractivity (Wildman–Crippen MR) is 74.3 cm³/mol. The molecular formula is C15H17FN2O3. The van der Waals surface area contributed by atoms with Crippen molar-refractivity contribution in [3.05, 3.63) is 30.1 Å². The molecule has 0 saturated carbocycles. The fourth-order valence-corrected chi connectivity index (χ4v) is 2.79. The van der Waals surface area contributed by atoms with E-state index < -0.39 is 0 Å². The average molecular weight is 292 g/mol. The average Bonchev–Trinajstić information content (AvgIpc) is 2.90. The highest BCUT2D eigenvalue weighted by Crippen LogP contribution is 2.26. The van der Waals surface area contributed by atoms with Gasteiger partial charge in [-0.25, -0.2) is 4.39 Å². The van der Waals surface area contributed by atoms with Crippen molar-refractivity contribution in [2.45, 2.75) is 6.42 Å². The van der Waals surface area contributed by atoms with E-state index in [0.29, 0.717) is 38.5 Å². The molecule has 2 fully saturated rings. The molecule has 1 aromatic carbocycles. The third-order valence-corrected chi connectivity index (χ3v) is 3.94. The summed E-state index contributed by atoms with van der Waals surface area (Å²) in [5, 5.41) is 0. The number of carbonyl (C=O) groups is 2. The molecule has 112 valence electrons. The maximum Gasteiger partial charge on any atom is 0.228 e. The van der Waals surface area contributed by atoms with E-state index in [1.807, 2.05) is 0 Å². The SMILES string of the molecule is O=C([C@H]1CC(=O)N(c2ccc(F)cc2)C1)N1CCOCC1. The Morgan fingerprint density at radius 2 is 1.86 bits per heavy atom. The number of nitrogens with zero attached hydrogens (tertiary/aromatic N) is 2. The number of hydrogen-bond donors (Lipinski definition) is 0. The van der Waals surface area contributed by atoms with Gasteiger partial charge in [0.15, 0.2) is 0 Å². The number of amides is 2. The summed E-state index contributed by atoms with van der Waals surface area (Å²) < 4.78 is 18.2. The first-order valence-corrected chi connectivity index (χ1v) is 7.07. The molecule has 1 aromatic rings. The van der Waals surface area contributed by atoms with Crippen LogP contribution in [0.3, 0.4) is 0 Å². The van der Waals surface area contributed by atoms with Crippen molar-refractivity contribution in [3.63, 3.8) is 0 Å². The van der Waals surface area contributed by atoms with Crippen LogP contribution in [-0.2, 0) is 14.3 Å². The van der Waals surface area contributed by atoms with E-state index in [0.717, 1.165) is 0 Å². The van der Waals surface area contributed by atoms with E-state index in [1.54, 1.807) is 21.9 Å². The van der Waals surface area contributed by atoms with Gasteiger partial charge in [-0.2, -0.15) is 0 Å². The van der Waals surface area contributed by atoms with Crippen LogP contribution in [0.25, 0.3) is 0 Å². The van der Waals surface area contributed by atoms with Crippen LogP contribution in [0, 0.1) is 11.7 Å². The number of halogens is 1. The second-order valence-electron chi connectivity index (χ2n) is 5.32. The summed E-state index contributed by atoms with van der Waals surface area (Å²) in [5.74, 6) is -0.739. The van der Waals surface area contributed by atoms with Crippen LogP contribution in [0.4, 0.5) is 10.1 Å². The van der Waals surface area contributed by atoms with Crippen LogP contribution >= 0.6 is 0 Å². The molecule has 0 radical (unpaired) electrons. The van der Waals surface area contributed by atoms with Gasteiger partial charge in [0.2, 0.25) is 11.8 Å². The van der Waals surface area contributed by atoms with Crippen molar-refractivity contribution in [3.8, 4) is 0 Å². The van der Waals surface area contributed by atoms with E-state index in [1.165, 1.54) is 12.1 Å². The molecule has 2 aliphatic heterocycles. The van der Waals surface area contributed by atoms with Gasteiger partial charge in [-0.05, 0) is 24.3 Å². The Morgan fingerprint density at radius 3 is 2.52 bits per heavy atom. The number of hydrogen-bond acceptors (Lipinski definition) is 3. The minimum absolute atomic E-state index is 0.0104. The van der Waals surface area contributed by atoms with Crippen LogP contribution < -0.4 is 4.90 Å².